The zero-order chi connectivity index (χ0) is 24.0. The van der Waals surface area contributed by atoms with Crippen molar-refractivity contribution < 1.29 is 28.6 Å². The van der Waals surface area contributed by atoms with Crippen LogP contribution in [0.2, 0.25) is 0 Å². The molecule has 33 heavy (non-hydrogen) atoms. The van der Waals surface area contributed by atoms with Crippen LogP contribution in [0.4, 0.5) is 4.39 Å². The number of amides is 1. The fraction of sp³-hybridized carbons (Fsp3) is 0.292. The number of aromatic nitrogens is 1. The lowest BCUT2D eigenvalue weighted by Crippen LogP contribution is -2.32. The Bertz CT molecular complexity index is 1120. The largest absolute Gasteiger partial charge is 0.496 e. The van der Waals surface area contributed by atoms with E-state index in [0.717, 1.165) is 5.56 Å². The van der Waals surface area contributed by atoms with E-state index < -0.39 is 5.97 Å². The molecule has 0 saturated heterocycles. The molecule has 1 amide bonds. The SMILES string of the molecule is COc1cc(C(=O)N(CCCc2ccccc2F)Cc2nc(C(=O)O)cs2)cc(OC)c1C. The van der Waals surface area contributed by atoms with E-state index in [4.69, 9.17) is 14.6 Å². The molecular formula is C24H25FN2O5S. The molecule has 0 spiro atoms. The minimum atomic E-state index is -1.12. The predicted molar refractivity (Wildman–Crippen MR) is 123 cm³/mol. The fourth-order valence-electron chi connectivity index (χ4n) is 3.45. The van der Waals surface area contributed by atoms with Crippen molar-refractivity contribution in [3.05, 3.63) is 75.0 Å². The Labute approximate surface area is 195 Å². The lowest BCUT2D eigenvalue weighted by molar-refractivity contribution is 0.0691. The number of rotatable bonds is 10. The van der Waals surface area contributed by atoms with Crippen molar-refractivity contribution in [3.8, 4) is 11.5 Å². The molecule has 1 aromatic heterocycles. The molecule has 3 rings (SSSR count). The van der Waals surface area contributed by atoms with E-state index in [0.29, 0.717) is 47.0 Å². The van der Waals surface area contributed by atoms with E-state index in [-0.39, 0.29) is 24.0 Å². The summed E-state index contributed by atoms with van der Waals surface area (Å²) in [6.45, 7) is 2.29. The number of carboxylic acid groups (broad SMARTS) is 1. The molecule has 0 saturated carbocycles. The zero-order valence-electron chi connectivity index (χ0n) is 18.6. The molecule has 3 aromatic rings. The highest BCUT2D eigenvalue weighted by molar-refractivity contribution is 7.09. The van der Waals surface area contributed by atoms with Crippen molar-refractivity contribution in [2.24, 2.45) is 0 Å². The number of benzene rings is 2. The molecule has 0 fully saturated rings. The van der Waals surface area contributed by atoms with E-state index in [2.05, 4.69) is 4.98 Å². The third-order valence-corrected chi connectivity index (χ3v) is 6.05. The topological polar surface area (TPSA) is 89.0 Å². The summed E-state index contributed by atoms with van der Waals surface area (Å²) < 4.78 is 24.8. The molecule has 1 heterocycles. The van der Waals surface area contributed by atoms with Gasteiger partial charge in [0.1, 0.15) is 22.3 Å². The maximum atomic E-state index is 14.0. The minimum absolute atomic E-state index is 0.0626. The van der Waals surface area contributed by atoms with E-state index in [9.17, 15) is 14.0 Å². The van der Waals surface area contributed by atoms with Gasteiger partial charge in [0.25, 0.3) is 5.91 Å². The summed E-state index contributed by atoms with van der Waals surface area (Å²) in [7, 11) is 3.04. The van der Waals surface area contributed by atoms with Crippen LogP contribution in [0.3, 0.4) is 0 Å². The van der Waals surface area contributed by atoms with Gasteiger partial charge in [-0.15, -0.1) is 11.3 Å². The second kappa shape index (κ2) is 10.9. The maximum absolute atomic E-state index is 14.0. The summed E-state index contributed by atoms with van der Waals surface area (Å²) in [5, 5.41) is 11.1. The number of halogens is 1. The van der Waals surface area contributed by atoms with Crippen molar-refractivity contribution in [1.29, 1.82) is 0 Å². The molecular weight excluding hydrogens is 447 g/mol. The molecule has 1 N–H and O–H groups in total. The summed E-state index contributed by atoms with van der Waals surface area (Å²) in [6, 6.07) is 9.83. The average Bonchev–Trinajstić information content (AvgIpc) is 3.28. The van der Waals surface area contributed by atoms with Gasteiger partial charge in [-0.2, -0.15) is 0 Å². The van der Waals surface area contributed by atoms with Crippen LogP contribution in [0.15, 0.2) is 41.8 Å². The molecule has 0 radical (unpaired) electrons. The predicted octanol–water partition coefficient (Wildman–Crippen LogP) is 4.58. The van der Waals surface area contributed by atoms with Gasteiger partial charge in [-0.25, -0.2) is 14.2 Å². The van der Waals surface area contributed by atoms with Crippen LogP contribution in [0, 0.1) is 12.7 Å². The first kappa shape index (κ1) is 24.2. The quantitative estimate of drug-likeness (QED) is 0.465. The number of nitrogens with zero attached hydrogens (tertiary/aromatic N) is 2. The van der Waals surface area contributed by atoms with Gasteiger partial charge in [0.05, 0.1) is 20.8 Å². The second-order valence-corrected chi connectivity index (χ2v) is 8.30. The van der Waals surface area contributed by atoms with Gasteiger partial charge in [0, 0.05) is 23.1 Å². The number of hydrogen-bond donors (Lipinski definition) is 1. The molecule has 0 aliphatic rings. The van der Waals surface area contributed by atoms with Crippen LogP contribution in [0.1, 0.15) is 43.4 Å². The molecule has 7 nitrogen and oxygen atoms in total. The number of carboxylic acids is 1. The van der Waals surface area contributed by atoms with Crippen LogP contribution in [0.25, 0.3) is 0 Å². The maximum Gasteiger partial charge on any atom is 0.355 e. The molecule has 174 valence electrons. The number of carbonyl (C=O) groups excluding carboxylic acids is 1. The number of ether oxygens (including phenoxy) is 2. The Hall–Kier alpha value is -3.46. The van der Waals surface area contributed by atoms with Crippen molar-refractivity contribution in [2.75, 3.05) is 20.8 Å². The van der Waals surface area contributed by atoms with Gasteiger partial charge < -0.3 is 19.5 Å². The van der Waals surface area contributed by atoms with Crippen molar-refractivity contribution in [1.82, 2.24) is 9.88 Å². The Morgan fingerprint density at radius 3 is 2.39 bits per heavy atom. The lowest BCUT2D eigenvalue weighted by atomic mass is 10.1. The highest BCUT2D eigenvalue weighted by Gasteiger charge is 2.21. The number of aryl methyl sites for hydroxylation is 1. The van der Waals surface area contributed by atoms with Crippen molar-refractivity contribution in [2.45, 2.75) is 26.3 Å². The number of hydrogen-bond acceptors (Lipinski definition) is 6. The molecule has 0 unspecified atom stereocenters. The van der Waals surface area contributed by atoms with E-state index in [1.54, 1.807) is 35.2 Å². The van der Waals surface area contributed by atoms with Crippen LogP contribution >= 0.6 is 11.3 Å². The van der Waals surface area contributed by atoms with Crippen molar-refractivity contribution in [3.63, 3.8) is 0 Å². The number of aromatic carboxylic acids is 1. The van der Waals surface area contributed by atoms with E-state index >= 15 is 0 Å². The summed E-state index contributed by atoms with van der Waals surface area (Å²) in [5.74, 6) is -0.651. The first-order valence-corrected chi connectivity index (χ1v) is 11.1. The average molecular weight is 473 g/mol. The highest BCUT2D eigenvalue weighted by atomic mass is 32.1. The van der Waals surface area contributed by atoms with Gasteiger partial charge in [-0.1, -0.05) is 18.2 Å². The number of thiazole rings is 1. The van der Waals surface area contributed by atoms with Gasteiger partial charge in [0.15, 0.2) is 5.69 Å². The molecule has 2 aromatic carbocycles. The molecule has 0 aliphatic carbocycles. The number of carbonyl (C=O) groups is 2. The summed E-state index contributed by atoms with van der Waals surface area (Å²) in [5.41, 5.74) is 1.65. The Balaban J connectivity index is 1.85. The third kappa shape index (κ3) is 5.87. The molecule has 0 atom stereocenters. The fourth-order valence-corrected chi connectivity index (χ4v) is 4.23. The summed E-state index contributed by atoms with van der Waals surface area (Å²) in [6.07, 6.45) is 0.971. The van der Waals surface area contributed by atoms with Gasteiger partial charge in [-0.3, -0.25) is 4.79 Å². The summed E-state index contributed by atoms with van der Waals surface area (Å²) >= 11 is 1.17. The molecule has 0 bridgehead atoms. The monoisotopic (exact) mass is 472 g/mol. The molecule has 9 heteroatoms. The second-order valence-electron chi connectivity index (χ2n) is 7.36. The van der Waals surface area contributed by atoms with Crippen LogP contribution in [0.5, 0.6) is 11.5 Å². The standard InChI is InChI=1S/C24H25FN2O5S/c1-15-20(31-2)11-17(12-21(15)32-3)23(28)27(13-22-26-19(14-33-22)24(29)30)10-6-8-16-7-4-5-9-18(16)25/h4-5,7,9,11-12,14H,6,8,10,13H2,1-3H3,(H,29,30). The van der Waals surface area contributed by atoms with Crippen molar-refractivity contribution >= 4 is 23.2 Å². The lowest BCUT2D eigenvalue weighted by Gasteiger charge is -2.23. The van der Waals surface area contributed by atoms with Crippen LogP contribution < -0.4 is 9.47 Å². The van der Waals surface area contributed by atoms with Gasteiger partial charge in [0.2, 0.25) is 0 Å². The van der Waals surface area contributed by atoms with Gasteiger partial charge in [-0.05, 0) is 43.5 Å². The third-order valence-electron chi connectivity index (χ3n) is 5.22. The highest BCUT2D eigenvalue weighted by Crippen LogP contribution is 2.30. The smallest absolute Gasteiger partial charge is 0.355 e. The van der Waals surface area contributed by atoms with Crippen LogP contribution in [-0.2, 0) is 13.0 Å². The van der Waals surface area contributed by atoms with E-state index in [1.807, 2.05) is 6.92 Å². The molecule has 0 aliphatic heterocycles. The van der Waals surface area contributed by atoms with Crippen LogP contribution in [-0.4, -0.2) is 47.6 Å². The summed E-state index contributed by atoms with van der Waals surface area (Å²) in [4.78, 5) is 30.3. The van der Waals surface area contributed by atoms with E-state index in [1.165, 1.54) is 37.0 Å². The first-order chi connectivity index (χ1) is 15.8. The first-order valence-electron chi connectivity index (χ1n) is 10.3. The Morgan fingerprint density at radius 2 is 1.82 bits per heavy atom. The Morgan fingerprint density at radius 1 is 1.15 bits per heavy atom. The zero-order valence-corrected chi connectivity index (χ0v) is 19.4. The number of methoxy groups -OCH3 is 2. The van der Waals surface area contributed by atoms with Gasteiger partial charge >= 0.3 is 5.97 Å². The normalized spacial score (nSPS) is 10.7. The minimum Gasteiger partial charge on any atom is -0.496 e. The Kier molecular flexibility index (Phi) is 8.00.